The molecule has 1 N–H and O–H groups in total. The molecule has 8 heteroatoms. The van der Waals surface area contributed by atoms with Gasteiger partial charge in [0.25, 0.3) is 5.91 Å². The Morgan fingerprint density at radius 3 is 2.74 bits per heavy atom. The lowest BCUT2D eigenvalue weighted by molar-refractivity contribution is -0.125. The summed E-state index contributed by atoms with van der Waals surface area (Å²) < 4.78 is 20.8. The lowest BCUT2D eigenvalue weighted by atomic mass is 10.2. The van der Waals surface area contributed by atoms with Crippen LogP contribution in [0.15, 0.2) is 28.8 Å². The number of hydrogen-bond donors (Lipinski definition) is 1. The fraction of sp³-hybridized carbons (Fsp3) is 0.421. The Balaban J connectivity index is 1.88. The first-order chi connectivity index (χ1) is 12.9. The highest BCUT2D eigenvalue weighted by Gasteiger charge is 2.14. The summed E-state index contributed by atoms with van der Waals surface area (Å²) in [5, 5.41) is 6.54. The largest absolute Gasteiger partial charge is 0.489 e. The third-order valence-electron chi connectivity index (χ3n) is 3.79. The number of ether oxygens (including phenoxy) is 3. The number of methoxy groups -OCH3 is 1. The molecule has 8 nitrogen and oxygen atoms in total. The number of esters is 1. The van der Waals surface area contributed by atoms with Crippen molar-refractivity contribution in [2.75, 3.05) is 20.3 Å². The normalized spacial score (nSPS) is 11.7. The summed E-state index contributed by atoms with van der Waals surface area (Å²) >= 11 is 0. The molecule has 1 unspecified atom stereocenters. The quantitative estimate of drug-likeness (QED) is 0.670. The van der Waals surface area contributed by atoms with Gasteiger partial charge < -0.3 is 24.1 Å². The molecule has 1 heterocycles. The van der Waals surface area contributed by atoms with E-state index >= 15 is 0 Å². The molecule has 0 radical (unpaired) electrons. The van der Waals surface area contributed by atoms with Gasteiger partial charge in [-0.3, -0.25) is 4.79 Å². The fourth-order valence-electron chi connectivity index (χ4n) is 2.40. The Bertz CT molecular complexity index is 767. The number of nitrogens with zero attached hydrogens (tertiary/aromatic N) is 1. The van der Waals surface area contributed by atoms with Crippen LogP contribution in [0.3, 0.4) is 0 Å². The predicted octanol–water partition coefficient (Wildman–Crippen LogP) is 2.18. The van der Waals surface area contributed by atoms with E-state index in [1.54, 1.807) is 38.3 Å². The second-order valence-corrected chi connectivity index (χ2v) is 6.12. The van der Waals surface area contributed by atoms with Crippen molar-refractivity contribution in [2.45, 2.75) is 33.4 Å². The van der Waals surface area contributed by atoms with Crippen molar-refractivity contribution in [3.8, 4) is 5.75 Å². The van der Waals surface area contributed by atoms with E-state index in [4.69, 9.17) is 18.7 Å². The van der Waals surface area contributed by atoms with Crippen LogP contribution in [0.5, 0.6) is 5.75 Å². The van der Waals surface area contributed by atoms with Crippen molar-refractivity contribution in [3.05, 3.63) is 46.8 Å². The highest BCUT2D eigenvalue weighted by molar-refractivity contribution is 5.91. The van der Waals surface area contributed by atoms with Crippen LogP contribution >= 0.6 is 0 Å². The van der Waals surface area contributed by atoms with Crippen molar-refractivity contribution >= 4 is 11.9 Å². The minimum absolute atomic E-state index is 0.165. The van der Waals surface area contributed by atoms with Crippen molar-refractivity contribution in [2.24, 2.45) is 0 Å². The molecule has 0 spiro atoms. The van der Waals surface area contributed by atoms with Crippen LogP contribution in [0.2, 0.25) is 0 Å². The minimum Gasteiger partial charge on any atom is -0.489 e. The van der Waals surface area contributed by atoms with Gasteiger partial charge in [0.2, 0.25) is 0 Å². The average molecular weight is 376 g/mol. The summed E-state index contributed by atoms with van der Waals surface area (Å²) in [4.78, 5) is 23.9. The third-order valence-corrected chi connectivity index (χ3v) is 3.79. The van der Waals surface area contributed by atoms with Crippen molar-refractivity contribution < 1.29 is 28.3 Å². The number of amides is 1. The van der Waals surface area contributed by atoms with Crippen LogP contribution in [-0.4, -0.2) is 43.4 Å². The third kappa shape index (κ3) is 6.10. The summed E-state index contributed by atoms with van der Waals surface area (Å²) in [6.45, 7) is 5.73. The standard InChI is InChI=1S/C19H24N2O6/c1-12(9-24-4)20-18(22)11-26-19(23)15-6-5-7-16(8-15)25-10-17-13(2)21-27-14(17)3/h5-8,12H,9-11H2,1-4H3,(H,20,22). The van der Waals surface area contributed by atoms with Crippen LogP contribution in [0, 0.1) is 13.8 Å². The first kappa shape index (κ1) is 20.4. The zero-order valence-electron chi connectivity index (χ0n) is 15.9. The number of nitrogens with one attached hydrogen (secondary N) is 1. The molecule has 2 rings (SSSR count). The Labute approximate surface area is 157 Å². The molecule has 0 fully saturated rings. The molecule has 2 aromatic rings. The van der Waals surface area contributed by atoms with Crippen molar-refractivity contribution in [3.63, 3.8) is 0 Å². The zero-order valence-corrected chi connectivity index (χ0v) is 15.9. The number of aryl methyl sites for hydroxylation is 2. The van der Waals surface area contributed by atoms with Crippen LogP contribution in [-0.2, 0) is 20.9 Å². The summed E-state index contributed by atoms with van der Waals surface area (Å²) in [6, 6.07) is 6.40. The van der Waals surface area contributed by atoms with Crippen molar-refractivity contribution in [1.82, 2.24) is 10.5 Å². The highest BCUT2D eigenvalue weighted by Crippen LogP contribution is 2.19. The van der Waals surface area contributed by atoms with Gasteiger partial charge in [-0.05, 0) is 39.0 Å². The van der Waals surface area contributed by atoms with Crippen LogP contribution in [0.4, 0.5) is 0 Å². The molecule has 1 amide bonds. The Kier molecular flexibility index (Phi) is 7.36. The predicted molar refractivity (Wildman–Crippen MR) is 96.5 cm³/mol. The molecule has 0 aliphatic carbocycles. The van der Waals surface area contributed by atoms with Crippen LogP contribution < -0.4 is 10.1 Å². The number of aromatic nitrogens is 1. The number of rotatable bonds is 9. The van der Waals surface area contributed by atoms with Gasteiger partial charge in [-0.1, -0.05) is 11.2 Å². The fourth-order valence-corrected chi connectivity index (χ4v) is 2.40. The maximum absolute atomic E-state index is 12.1. The maximum atomic E-state index is 12.1. The van der Waals surface area contributed by atoms with Crippen LogP contribution in [0.25, 0.3) is 0 Å². The second kappa shape index (κ2) is 9.72. The molecule has 1 aromatic heterocycles. The summed E-state index contributed by atoms with van der Waals surface area (Å²) in [7, 11) is 1.55. The monoisotopic (exact) mass is 376 g/mol. The van der Waals surface area contributed by atoms with Gasteiger partial charge in [-0.15, -0.1) is 0 Å². The van der Waals surface area contributed by atoms with E-state index in [0.29, 0.717) is 23.7 Å². The van der Waals surface area contributed by atoms with E-state index in [1.165, 1.54) is 0 Å². The van der Waals surface area contributed by atoms with E-state index in [9.17, 15) is 9.59 Å². The number of carbonyl (C=O) groups is 2. The van der Waals surface area contributed by atoms with E-state index in [0.717, 1.165) is 11.3 Å². The molecule has 27 heavy (non-hydrogen) atoms. The number of carbonyl (C=O) groups excluding carboxylic acids is 2. The average Bonchev–Trinajstić information content (AvgIpc) is 2.96. The van der Waals surface area contributed by atoms with Gasteiger partial charge in [0.05, 0.1) is 23.4 Å². The molecule has 0 saturated heterocycles. The van der Waals surface area contributed by atoms with E-state index < -0.39 is 11.9 Å². The van der Waals surface area contributed by atoms with E-state index in [-0.39, 0.29) is 19.3 Å². The zero-order chi connectivity index (χ0) is 19.8. The van der Waals surface area contributed by atoms with E-state index in [2.05, 4.69) is 10.5 Å². The molecule has 146 valence electrons. The van der Waals surface area contributed by atoms with Gasteiger partial charge in [-0.25, -0.2) is 4.79 Å². The molecule has 1 atom stereocenters. The molecular formula is C19H24N2O6. The maximum Gasteiger partial charge on any atom is 0.338 e. The molecular weight excluding hydrogens is 352 g/mol. The summed E-state index contributed by atoms with van der Waals surface area (Å²) in [6.07, 6.45) is 0. The lowest BCUT2D eigenvalue weighted by Gasteiger charge is -2.13. The van der Waals surface area contributed by atoms with Gasteiger partial charge in [-0.2, -0.15) is 0 Å². The molecule has 0 bridgehead atoms. The molecule has 1 aromatic carbocycles. The first-order valence-corrected chi connectivity index (χ1v) is 8.50. The van der Waals surface area contributed by atoms with Crippen molar-refractivity contribution in [1.29, 1.82) is 0 Å². The first-order valence-electron chi connectivity index (χ1n) is 8.50. The molecule has 0 saturated carbocycles. The molecule has 0 aliphatic heterocycles. The minimum atomic E-state index is -0.604. The Morgan fingerprint density at radius 2 is 2.07 bits per heavy atom. The summed E-state index contributed by atoms with van der Waals surface area (Å²) in [5.74, 6) is 0.199. The SMILES string of the molecule is COCC(C)NC(=O)COC(=O)c1cccc(OCc2c(C)noc2C)c1. The molecule has 0 aliphatic rings. The number of benzene rings is 1. The topological polar surface area (TPSA) is 99.9 Å². The second-order valence-electron chi connectivity index (χ2n) is 6.12. The summed E-state index contributed by atoms with van der Waals surface area (Å²) in [5.41, 5.74) is 1.92. The van der Waals surface area contributed by atoms with Gasteiger partial charge in [0.1, 0.15) is 18.1 Å². The Morgan fingerprint density at radius 1 is 1.30 bits per heavy atom. The number of hydrogen-bond acceptors (Lipinski definition) is 7. The van der Waals surface area contributed by atoms with Gasteiger partial charge in [0.15, 0.2) is 6.61 Å². The highest BCUT2D eigenvalue weighted by atomic mass is 16.5. The van der Waals surface area contributed by atoms with Gasteiger partial charge >= 0.3 is 5.97 Å². The van der Waals surface area contributed by atoms with E-state index in [1.807, 2.05) is 13.8 Å². The van der Waals surface area contributed by atoms with Gasteiger partial charge in [0, 0.05) is 13.2 Å². The lowest BCUT2D eigenvalue weighted by Crippen LogP contribution is -2.38. The van der Waals surface area contributed by atoms with Crippen LogP contribution in [0.1, 0.15) is 34.3 Å². The smallest absolute Gasteiger partial charge is 0.338 e. The Hall–Kier alpha value is -2.87.